The van der Waals surface area contributed by atoms with E-state index in [1.54, 1.807) is 4.90 Å². The Morgan fingerprint density at radius 1 is 1.47 bits per heavy atom. The molecule has 1 heterocycles. The molecule has 4 heteroatoms. The molecule has 1 aliphatic rings. The van der Waals surface area contributed by atoms with Crippen molar-refractivity contribution in [1.29, 1.82) is 0 Å². The van der Waals surface area contributed by atoms with E-state index in [-0.39, 0.29) is 11.8 Å². The van der Waals surface area contributed by atoms with Crippen molar-refractivity contribution in [3.05, 3.63) is 24.3 Å². The summed E-state index contributed by atoms with van der Waals surface area (Å²) in [7, 11) is 0. The van der Waals surface area contributed by atoms with Gasteiger partial charge in [-0.3, -0.25) is 4.79 Å². The van der Waals surface area contributed by atoms with Crippen LogP contribution in [0.4, 0.5) is 11.4 Å². The van der Waals surface area contributed by atoms with Gasteiger partial charge in [0, 0.05) is 24.3 Å². The molecule has 1 aromatic carbocycles. The summed E-state index contributed by atoms with van der Waals surface area (Å²) in [5.41, 5.74) is 12.8. The van der Waals surface area contributed by atoms with Gasteiger partial charge in [-0.25, -0.2) is 0 Å². The second kappa shape index (κ2) is 3.90. The summed E-state index contributed by atoms with van der Waals surface area (Å²) < 4.78 is 0. The van der Waals surface area contributed by atoms with Gasteiger partial charge in [-0.05, 0) is 30.7 Å². The molecule has 2 rings (SSSR count). The largest absolute Gasteiger partial charge is 0.399 e. The van der Waals surface area contributed by atoms with Crippen molar-refractivity contribution in [3.8, 4) is 0 Å². The van der Waals surface area contributed by atoms with Crippen LogP contribution in [0.15, 0.2) is 24.3 Å². The number of nitrogens with two attached hydrogens (primary N) is 2. The fraction of sp³-hybridized carbons (Fsp3) is 0.364. The number of carbonyl (C=O) groups excluding carboxylic acids is 1. The first-order valence-corrected chi connectivity index (χ1v) is 5.06. The Bertz CT molecular complexity index is 378. The highest BCUT2D eigenvalue weighted by atomic mass is 16.2. The number of nitrogens with zero attached hydrogens (tertiary/aromatic N) is 1. The van der Waals surface area contributed by atoms with Crippen LogP contribution in [0.1, 0.15) is 6.42 Å². The maximum Gasteiger partial charge on any atom is 0.227 e. The number of nitrogen functional groups attached to an aromatic ring is 1. The molecule has 1 aromatic rings. The zero-order valence-electron chi connectivity index (χ0n) is 8.52. The third kappa shape index (κ3) is 1.94. The summed E-state index contributed by atoms with van der Waals surface area (Å²) in [6.07, 6.45) is 0.547. The SMILES string of the molecule is NCC1CC(=O)N(c2cccc(N)c2)C1. The Hall–Kier alpha value is -1.55. The zero-order valence-corrected chi connectivity index (χ0v) is 8.52. The summed E-state index contributed by atoms with van der Waals surface area (Å²) in [4.78, 5) is 13.4. The Balaban J connectivity index is 2.21. The molecule has 0 spiro atoms. The van der Waals surface area contributed by atoms with Crippen molar-refractivity contribution in [2.75, 3.05) is 23.7 Å². The maximum absolute atomic E-state index is 11.7. The van der Waals surface area contributed by atoms with E-state index in [2.05, 4.69) is 0 Å². The molecule has 15 heavy (non-hydrogen) atoms. The van der Waals surface area contributed by atoms with Gasteiger partial charge in [0.2, 0.25) is 5.91 Å². The first kappa shape index (κ1) is 9.98. The molecular formula is C11H15N3O. The third-order valence-corrected chi connectivity index (χ3v) is 2.72. The lowest BCUT2D eigenvalue weighted by molar-refractivity contribution is -0.117. The molecule has 0 aromatic heterocycles. The minimum absolute atomic E-state index is 0.135. The van der Waals surface area contributed by atoms with Crippen LogP contribution in [-0.2, 0) is 4.79 Å². The molecule has 4 N–H and O–H groups in total. The van der Waals surface area contributed by atoms with Crippen molar-refractivity contribution >= 4 is 17.3 Å². The second-order valence-electron chi connectivity index (χ2n) is 3.91. The lowest BCUT2D eigenvalue weighted by Crippen LogP contribution is -2.25. The highest BCUT2D eigenvalue weighted by Crippen LogP contribution is 2.25. The zero-order chi connectivity index (χ0) is 10.8. The van der Waals surface area contributed by atoms with Crippen LogP contribution in [0.25, 0.3) is 0 Å². The van der Waals surface area contributed by atoms with Crippen LogP contribution in [0.3, 0.4) is 0 Å². The van der Waals surface area contributed by atoms with E-state index in [0.717, 1.165) is 5.69 Å². The lowest BCUT2D eigenvalue weighted by atomic mass is 10.1. The van der Waals surface area contributed by atoms with Gasteiger partial charge in [-0.1, -0.05) is 6.07 Å². The molecule has 1 saturated heterocycles. The number of benzene rings is 1. The molecule has 0 bridgehead atoms. The van der Waals surface area contributed by atoms with Crippen LogP contribution in [-0.4, -0.2) is 19.0 Å². The standard InChI is InChI=1S/C11H15N3O/c12-6-8-4-11(15)14(7-8)10-3-1-2-9(13)5-10/h1-3,5,8H,4,6-7,12-13H2. The lowest BCUT2D eigenvalue weighted by Gasteiger charge is -2.16. The van der Waals surface area contributed by atoms with Crippen LogP contribution in [0, 0.1) is 5.92 Å². The number of rotatable bonds is 2. The first-order valence-electron chi connectivity index (χ1n) is 5.06. The summed E-state index contributed by atoms with van der Waals surface area (Å²) in [5, 5.41) is 0. The van der Waals surface area contributed by atoms with Crippen molar-refractivity contribution < 1.29 is 4.79 Å². The summed E-state index contributed by atoms with van der Waals surface area (Å²) in [6, 6.07) is 7.38. The van der Waals surface area contributed by atoms with Crippen LogP contribution in [0.5, 0.6) is 0 Å². The van der Waals surface area contributed by atoms with Gasteiger partial charge in [0.1, 0.15) is 0 Å². The average Bonchev–Trinajstić information content (AvgIpc) is 2.60. The number of hydrogen-bond donors (Lipinski definition) is 2. The Morgan fingerprint density at radius 3 is 2.87 bits per heavy atom. The summed E-state index contributed by atoms with van der Waals surface area (Å²) in [5.74, 6) is 0.412. The van der Waals surface area contributed by atoms with Crippen LogP contribution >= 0.6 is 0 Å². The Morgan fingerprint density at radius 2 is 2.27 bits per heavy atom. The molecular weight excluding hydrogens is 190 g/mol. The normalized spacial score (nSPS) is 21.0. The highest BCUT2D eigenvalue weighted by Gasteiger charge is 2.29. The fourth-order valence-corrected chi connectivity index (χ4v) is 1.88. The molecule has 0 radical (unpaired) electrons. The monoisotopic (exact) mass is 205 g/mol. The van der Waals surface area contributed by atoms with Gasteiger partial charge >= 0.3 is 0 Å². The van der Waals surface area contributed by atoms with E-state index in [9.17, 15) is 4.79 Å². The van der Waals surface area contributed by atoms with Crippen molar-refractivity contribution in [1.82, 2.24) is 0 Å². The molecule has 1 fully saturated rings. The van der Waals surface area contributed by atoms with Crippen molar-refractivity contribution in [2.24, 2.45) is 11.7 Å². The number of amides is 1. The van der Waals surface area contributed by atoms with Gasteiger partial charge in [0.15, 0.2) is 0 Å². The number of carbonyl (C=O) groups is 1. The fourth-order valence-electron chi connectivity index (χ4n) is 1.88. The molecule has 1 aliphatic heterocycles. The summed E-state index contributed by atoms with van der Waals surface area (Å²) >= 11 is 0. The molecule has 1 atom stereocenters. The van der Waals surface area contributed by atoms with Crippen molar-refractivity contribution in [2.45, 2.75) is 6.42 Å². The van der Waals surface area contributed by atoms with E-state index < -0.39 is 0 Å². The van der Waals surface area contributed by atoms with Crippen LogP contribution in [0.2, 0.25) is 0 Å². The summed E-state index contributed by atoms with van der Waals surface area (Å²) in [6.45, 7) is 1.27. The second-order valence-corrected chi connectivity index (χ2v) is 3.91. The van der Waals surface area contributed by atoms with Crippen molar-refractivity contribution in [3.63, 3.8) is 0 Å². The quantitative estimate of drug-likeness (QED) is 0.694. The highest BCUT2D eigenvalue weighted by molar-refractivity contribution is 5.96. The van der Waals surface area contributed by atoms with E-state index in [1.807, 2.05) is 24.3 Å². The maximum atomic E-state index is 11.7. The number of anilines is 2. The third-order valence-electron chi connectivity index (χ3n) is 2.72. The van der Waals surface area contributed by atoms with Gasteiger partial charge in [-0.2, -0.15) is 0 Å². The Kier molecular flexibility index (Phi) is 2.60. The molecule has 1 unspecified atom stereocenters. The predicted octanol–water partition coefficient (Wildman–Crippen LogP) is 0.580. The van der Waals surface area contributed by atoms with E-state index in [1.165, 1.54) is 0 Å². The van der Waals surface area contributed by atoms with E-state index >= 15 is 0 Å². The molecule has 1 amide bonds. The molecule has 80 valence electrons. The smallest absolute Gasteiger partial charge is 0.227 e. The topological polar surface area (TPSA) is 72.4 Å². The van der Waals surface area contributed by atoms with Crippen LogP contribution < -0.4 is 16.4 Å². The van der Waals surface area contributed by atoms with Gasteiger partial charge in [-0.15, -0.1) is 0 Å². The average molecular weight is 205 g/mol. The van der Waals surface area contributed by atoms with Gasteiger partial charge < -0.3 is 16.4 Å². The minimum Gasteiger partial charge on any atom is -0.399 e. The molecule has 4 nitrogen and oxygen atoms in total. The minimum atomic E-state index is 0.135. The van der Waals surface area contributed by atoms with Gasteiger partial charge in [0.05, 0.1) is 0 Å². The first-order chi connectivity index (χ1) is 7.20. The molecule has 0 saturated carbocycles. The van der Waals surface area contributed by atoms with E-state index in [0.29, 0.717) is 25.2 Å². The predicted molar refractivity (Wildman–Crippen MR) is 60.4 cm³/mol. The number of hydrogen-bond acceptors (Lipinski definition) is 3. The van der Waals surface area contributed by atoms with Gasteiger partial charge in [0.25, 0.3) is 0 Å². The van der Waals surface area contributed by atoms with E-state index in [4.69, 9.17) is 11.5 Å². The Labute approximate surface area is 88.9 Å². The molecule has 0 aliphatic carbocycles.